The van der Waals surface area contributed by atoms with Crippen LogP contribution in [-0.4, -0.2) is 36.6 Å². The van der Waals surface area contributed by atoms with Gasteiger partial charge in [0.2, 0.25) is 8.32 Å². The van der Waals surface area contributed by atoms with Crippen molar-refractivity contribution in [3.05, 3.63) is 0 Å². The Bertz CT molecular complexity index is 248. The SMILES string of the molecule is C[SiH](C)OC(C)(C)[Si](C)(C)OC(C)(C)[SiH](C)C. The fraction of sp³-hybridized carbons (Fsp3) is 1.00. The van der Waals surface area contributed by atoms with E-state index in [0.29, 0.717) is 0 Å². The lowest BCUT2D eigenvalue weighted by atomic mass is 10.5. The lowest BCUT2D eigenvalue weighted by Crippen LogP contribution is -2.61. The molecular weight excluding hydrogens is 260 g/mol. The zero-order chi connectivity index (χ0) is 14.1. The van der Waals surface area contributed by atoms with Gasteiger partial charge in [-0.1, -0.05) is 13.1 Å². The van der Waals surface area contributed by atoms with Crippen LogP contribution in [0.2, 0.25) is 39.3 Å². The van der Waals surface area contributed by atoms with Crippen LogP contribution in [0.25, 0.3) is 0 Å². The first kappa shape index (κ1) is 17.6. The molecule has 0 saturated carbocycles. The smallest absolute Gasteiger partial charge is 0.216 e. The Morgan fingerprint density at radius 1 is 0.882 bits per heavy atom. The Labute approximate surface area is 113 Å². The van der Waals surface area contributed by atoms with Gasteiger partial charge < -0.3 is 8.85 Å². The van der Waals surface area contributed by atoms with Crippen LogP contribution in [0, 0.1) is 0 Å². The van der Waals surface area contributed by atoms with Crippen LogP contribution in [0.4, 0.5) is 0 Å². The van der Waals surface area contributed by atoms with E-state index < -0.39 is 26.2 Å². The summed E-state index contributed by atoms with van der Waals surface area (Å²) in [5.74, 6) is 0. The molecule has 0 saturated heterocycles. The van der Waals surface area contributed by atoms with Crippen LogP contribution in [0.5, 0.6) is 0 Å². The van der Waals surface area contributed by atoms with Crippen molar-refractivity contribution in [2.75, 3.05) is 0 Å². The topological polar surface area (TPSA) is 18.5 Å². The Morgan fingerprint density at radius 3 is 1.59 bits per heavy atom. The molecule has 0 spiro atoms. The summed E-state index contributed by atoms with van der Waals surface area (Å²) in [5, 5.41) is -0.0250. The number of rotatable bonds is 6. The monoisotopic (exact) mass is 292 g/mol. The molecule has 0 fully saturated rings. The highest BCUT2D eigenvalue weighted by molar-refractivity contribution is 6.75. The van der Waals surface area contributed by atoms with Gasteiger partial charge in [-0.3, -0.25) is 0 Å². The average Bonchev–Trinajstić information content (AvgIpc) is 1.97. The molecule has 5 heteroatoms. The maximum absolute atomic E-state index is 6.55. The van der Waals surface area contributed by atoms with Crippen LogP contribution in [0.1, 0.15) is 27.7 Å². The Morgan fingerprint density at radius 2 is 1.29 bits per heavy atom. The van der Waals surface area contributed by atoms with Gasteiger partial charge in [-0.05, 0) is 53.9 Å². The molecule has 17 heavy (non-hydrogen) atoms. The molecule has 0 aromatic rings. The van der Waals surface area contributed by atoms with Crippen molar-refractivity contribution in [3.63, 3.8) is 0 Å². The summed E-state index contributed by atoms with van der Waals surface area (Å²) in [5.41, 5.74) is 0. The summed E-state index contributed by atoms with van der Waals surface area (Å²) < 4.78 is 12.8. The molecule has 0 aliphatic carbocycles. The highest BCUT2D eigenvalue weighted by Crippen LogP contribution is 2.31. The first-order valence-corrected chi connectivity index (χ1v) is 15.3. The molecule has 0 aliphatic heterocycles. The van der Waals surface area contributed by atoms with E-state index in [4.69, 9.17) is 8.85 Å². The van der Waals surface area contributed by atoms with Crippen LogP contribution < -0.4 is 0 Å². The fourth-order valence-electron chi connectivity index (χ4n) is 1.63. The second-order valence-electron chi connectivity index (χ2n) is 7.05. The van der Waals surface area contributed by atoms with Crippen molar-refractivity contribution in [2.45, 2.75) is 77.4 Å². The molecule has 0 N–H and O–H groups in total. The molecule has 0 aromatic carbocycles. The summed E-state index contributed by atoms with van der Waals surface area (Å²) in [6.45, 7) is 22.7. The van der Waals surface area contributed by atoms with Gasteiger partial charge in [0, 0.05) is 5.22 Å². The lowest BCUT2D eigenvalue weighted by molar-refractivity contribution is 0.107. The largest absolute Gasteiger partial charge is 0.416 e. The van der Waals surface area contributed by atoms with Crippen molar-refractivity contribution in [1.82, 2.24) is 0 Å². The molecule has 0 amide bonds. The van der Waals surface area contributed by atoms with E-state index in [1.165, 1.54) is 0 Å². The molecule has 0 rings (SSSR count). The molecule has 2 nitrogen and oxygen atoms in total. The minimum Gasteiger partial charge on any atom is -0.416 e. The van der Waals surface area contributed by atoms with Gasteiger partial charge in [0.15, 0.2) is 9.04 Å². The molecule has 0 heterocycles. The van der Waals surface area contributed by atoms with Crippen molar-refractivity contribution in [1.29, 1.82) is 0 Å². The third-order valence-corrected chi connectivity index (χ3v) is 12.4. The summed E-state index contributed by atoms with van der Waals surface area (Å²) in [7, 11) is -3.69. The predicted octanol–water partition coefficient (Wildman–Crippen LogP) is 3.33. The quantitative estimate of drug-likeness (QED) is 0.699. The standard InChI is InChI=1S/C12H32O2Si3/c1-11(2,15(5)6)14-17(9,10)12(3,4)13-16(7)8/h15-16H,1-10H3. The summed E-state index contributed by atoms with van der Waals surface area (Å²) >= 11 is 0. The highest BCUT2D eigenvalue weighted by atomic mass is 28.4. The first-order valence-electron chi connectivity index (χ1n) is 6.70. The molecule has 0 aromatic heterocycles. The van der Waals surface area contributed by atoms with Crippen molar-refractivity contribution >= 4 is 26.2 Å². The van der Waals surface area contributed by atoms with Gasteiger partial charge in [-0.15, -0.1) is 0 Å². The summed E-state index contributed by atoms with van der Waals surface area (Å²) in [6.07, 6.45) is 0. The molecule has 0 radical (unpaired) electrons. The van der Waals surface area contributed by atoms with E-state index in [1.54, 1.807) is 0 Å². The molecule has 0 atom stereocenters. The van der Waals surface area contributed by atoms with Gasteiger partial charge in [-0.2, -0.15) is 0 Å². The van der Waals surface area contributed by atoms with Crippen LogP contribution >= 0.6 is 0 Å². The van der Waals surface area contributed by atoms with E-state index >= 15 is 0 Å². The average molecular weight is 293 g/mol. The van der Waals surface area contributed by atoms with Gasteiger partial charge in [0.1, 0.15) is 0 Å². The lowest BCUT2D eigenvalue weighted by Gasteiger charge is -2.46. The Balaban J connectivity index is 4.89. The van der Waals surface area contributed by atoms with Crippen molar-refractivity contribution < 1.29 is 8.85 Å². The van der Waals surface area contributed by atoms with E-state index in [-0.39, 0.29) is 10.4 Å². The minimum absolute atomic E-state index is 0.0644. The second kappa shape index (κ2) is 5.69. The van der Waals surface area contributed by atoms with E-state index in [0.717, 1.165) is 0 Å². The van der Waals surface area contributed by atoms with Crippen LogP contribution in [0.3, 0.4) is 0 Å². The maximum atomic E-state index is 6.55. The first-order chi connectivity index (χ1) is 7.32. The fourth-order valence-corrected chi connectivity index (χ4v) is 8.04. The second-order valence-corrected chi connectivity index (χ2v) is 17.5. The summed E-state index contributed by atoms with van der Waals surface area (Å²) in [6, 6.07) is 0. The van der Waals surface area contributed by atoms with E-state index in [9.17, 15) is 0 Å². The Hall–Kier alpha value is 0.571. The molecule has 104 valence electrons. The van der Waals surface area contributed by atoms with Gasteiger partial charge in [-0.25, -0.2) is 0 Å². The third-order valence-electron chi connectivity index (χ3n) is 3.89. The summed E-state index contributed by atoms with van der Waals surface area (Å²) in [4.78, 5) is 0. The number of hydrogen-bond acceptors (Lipinski definition) is 2. The third kappa shape index (κ3) is 4.98. The molecule has 0 unspecified atom stereocenters. The normalized spacial score (nSPS) is 14.8. The maximum Gasteiger partial charge on any atom is 0.216 e. The van der Waals surface area contributed by atoms with Gasteiger partial charge in [0.25, 0.3) is 0 Å². The predicted molar refractivity (Wildman–Crippen MR) is 85.6 cm³/mol. The van der Waals surface area contributed by atoms with Crippen molar-refractivity contribution in [3.8, 4) is 0 Å². The number of hydrogen-bond donors (Lipinski definition) is 0. The molecule has 0 aliphatic rings. The minimum atomic E-state index is -1.84. The van der Waals surface area contributed by atoms with Gasteiger partial charge in [0.05, 0.1) is 14.0 Å². The zero-order valence-electron chi connectivity index (χ0n) is 13.5. The van der Waals surface area contributed by atoms with E-state index in [2.05, 4.69) is 67.0 Å². The van der Waals surface area contributed by atoms with E-state index in [1.807, 2.05) is 0 Å². The molecular formula is C12H32O2Si3. The van der Waals surface area contributed by atoms with Crippen LogP contribution in [-0.2, 0) is 8.85 Å². The highest BCUT2D eigenvalue weighted by Gasteiger charge is 2.46. The Kier molecular flexibility index (Phi) is 5.88. The zero-order valence-corrected chi connectivity index (χ0v) is 16.8. The van der Waals surface area contributed by atoms with Crippen molar-refractivity contribution in [2.24, 2.45) is 0 Å². The molecule has 0 bridgehead atoms. The van der Waals surface area contributed by atoms with Crippen LogP contribution in [0.15, 0.2) is 0 Å². The van der Waals surface area contributed by atoms with Gasteiger partial charge >= 0.3 is 0 Å².